The molecule has 116 valence electrons. The topological polar surface area (TPSA) is 89.9 Å². The second kappa shape index (κ2) is 5.22. The Morgan fingerprint density at radius 3 is 2.24 bits per heavy atom. The number of fused-ring (bicyclic) bond motifs is 1. The fraction of sp³-hybridized carbons (Fsp3) is 0.500. The lowest BCUT2D eigenvalue weighted by Crippen LogP contribution is -2.25. The highest BCUT2D eigenvalue weighted by Crippen LogP contribution is 2.41. The van der Waals surface area contributed by atoms with E-state index in [9.17, 15) is 13.2 Å². The fourth-order valence-electron chi connectivity index (χ4n) is 2.38. The molecule has 0 fully saturated rings. The molecular weight excluding hydrogens is 296 g/mol. The molecule has 1 aromatic rings. The van der Waals surface area contributed by atoms with Crippen molar-refractivity contribution >= 4 is 15.8 Å². The Bertz CT molecular complexity index is 675. The summed E-state index contributed by atoms with van der Waals surface area (Å²) in [5, 5.41) is 9.04. The van der Waals surface area contributed by atoms with Gasteiger partial charge in [-0.05, 0) is 11.6 Å². The maximum absolute atomic E-state index is 12.0. The Balaban J connectivity index is 2.65. The number of sulfone groups is 1. The van der Waals surface area contributed by atoms with Gasteiger partial charge in [0.15, 0.2) is 21.3 Å². The van der Waals surface area contributed by atoms with Crippen LogP contribution in [0, 0.1) is 0 Å². The van der Waals surface area contributed by atoms with Gasteiger partial charge in [0.05, 0.1) is 11.3 Å². The molecular formula is C14H18O6S. The highest BCUT2D eigenvalue weighted by Gasteiger charge is 2.32. The largest absolute Gasteiger partial charge is 0.486 e. The number of rotatable bonds is 4. The molecule has 0 aliphatic carbocycles. The molecule has 0 saturated heterocycles. The lowest BCUT2D eigenvalue weighted by Gasteiger charge is -2.28. The van der Waals surface area contributed by atoms with Gasteiger partial charge in [-0.2, -0.15) is 0 Å². The van der Waals surface area contributed by atoms with Crippen molar-refractivity contribution in [3.63, 3.8) is 0 Å². The number of benzene rings is 1. The van der Waals surface area contributed by atoms with Gasteiger partial charge in [0.2, 0.25) is 0 Å². The van der Waals surface area contributed by atoms with Gasteiger partial charge < -0.3 is 14.6 Å². The van der Waals surface area contributed by atoms with Crippen LogP contribution in [-0.2, 0) is 20.0 Å². The van der Waals surface area contributed by atoms with Crippen LogP contribution in [0.5, 0.6) is 11.5 Å². The fourth-order valence-corrected chi connectivity index (χ4v) is 3.43. The third-order valence-electron chi connectivity index (χ3n) is 3.37. The molecule has 1 heterocycles. The zero-order chi connectivity index (χ0) is 15.8. The van der Waals surface area contributed by atoms with Gasteiger partial charge in [0.25, 0.3) is 0 Å². The number of carboxylic acid groups (broad SMARTS) is 1. The molecule has 1 aliphatic rings. The standard InChI is InChI=1S/C14H18O6S/c1-14(2,8-13(15)16)9-6-10-11(20-5-4-19-10)7-12(9)21(3,17)18/h6-7H,4-5,8H2,1-3H3,(H,15,16). The van der Waals surface area contributed by atoms with Crippen LogP contribution in [0.3, 0.4) is 0 Å². The van der Waals surface area contributed by atoms with Gasteiger partial charge in [0, 0.05) is 17.7 Å². The van der Waals surface area contributed by atoms with Gasteiger partial charge in [-0.3, -0.25) is 4.79 Å². The summed E-state index contributed by atoms with van der Waals surface area (Å²) in [4.78, 5) is 11.1. The summed E-state index contributed by atoms with van der Waals surface area (Å²) < 4.78 is 34.9. The molecule has 0 spiro atoms. The first-order valence-electron chi connectivity index (χ1n) is 6.47. The first-order chi connectivity index (χ1) is 9.61. The smallest absolute Gasteiger partial charge is 0.304 e. The third-order valence-corrected chi connectivity index (χ3v) is 4.50. The number of hydrogen-bond donors (Lipinski definition) is 1. The summed E-state index contributed by atoms with van der Waals surface area (Å²) in [5.74, 6) is -0.173. The zero-order valence-electron chi connectivity index (χ0n) is 12.2. The van der Waals surface area contributed by atoms with Crippen molar-refractivity contribution in [3.8, 4) is 11.5 Å². The predicted molar refractivity (Wildman–Crippen MR) is 75.8 cm³/mol. The summed E-state index contributed by atoms with van der Waals surface area (Å²) in [5.41, 5.74) is -0.420. The number of carboxylic acids is 1. The highest BCUT2D eigenvalue weighted by molar-refractivity contribution is 7.90. The normalized spacial score (nSPS) is 14.8. The van der Waals surface area contributed by atoms with Crippen molar-refractivity contribution in [1.29, 1.82) is 0 Å². The second-order valence-corrected chi connectivity index (χ2v) is 7.70. The highest BCUT2D eigenvalue weighted by atomic mass is 32.2. The predicted octanol–water partition coefficient (Wildman–Crippen LogP) is 1.61. The van der Waals surface area contributed by atoms with Crippen molar-refractivity contribution in [1.82, 2.24) is 0 Å². The van der Waals surface area contributed by atoms with E-state index in [0.717, 1.165) is 6.26 Å². The Labute approximate surface area is 123 Å². The van der Waals surface area contributed by atoms with E-state index in [1.165, 1.54) is 6.07 Å². The average Bonchev–Trinajstić information content (AvgIpc) is 2.34. The van der Waals surface area contributed by atoms with Crippen molar-refractivity contribution in [2.24, 2.45) is 0 Å². The summed E-state index contributed by atoms with van der Waals surface area (Å²) in [6, 6.07) is 3.00. The molecule has 6 nitrogen and oxygen atoms in total. The lowest BCUT2D eigenvalue weighted by molar-refractivity contribution is -0.138. The molecule has 7 heteroatoms. The number of hydrogen-bond acceptors (Lipinski definition) is 5. The quantitative estimate of drug-likeness (QED) is 0.908. The molecule has 0 bridgehead atoms. The van der Waals surface area contributed by atoms with E-state index in [4.69, 9.17) is 14.6 Å². The molecule has 2 rings (SSSR count). The SMILES string of the molecule is CC(C)(CC(=O)O)c1cc2c(cc1S(C)(=O)=O)OCCO2. The van der Waals surface area contributed by atoms with Crippen molar-refractivity contribution in [2.75, 3.05) is 19.5 Å². The maximum Gasteiger partial charge on any atom is 0.304 e. The van der Waals surface area contributed by atoms with E-state index in [-0.39, 0.29) is 11.3 Å². The van der Waals surface area contributed by atoms with Crippen LogP contribution in [0.1, 0.15) is 25.8 Å². The monoisotopic (exact) mass is 314 g/mol. The lowest BCUT2D eigenvalue weighted by atomic mass is 9.81. The first-order valence-corrected chi connectivity index (χ1v) is 8.36. The van der Waals surface area contributed by atoms with E-state index in [1.807, 2.05) is 0 Å². The van der Waals surface area contributed by atoms with Crippen LogP contribution in [0.4, 0.5) is 0 Å². The molecule has 0 aromatic heterocycles. The van der Waals surface area contributed by atoms with Crippen LogP contribution >= 0.6 is 0 Å². The summed E-state index contributed by atoms with van der Waals surface area (Å²) in [7, 11) is -3.51. The van der Waals surface area contributed by atoms with Crippen molar-refractivity contribution < 1.29 is 27.8 Å². The van der Waals surface area contributed by atoms with Gasteiger partial charge in [0.1, 0.15) is 13.2 Å². The number of aliphatic carboxylic acids is 1. The molecule has 0 atom stereocenters. The van der Waals surface area contributed by atoms with Crippen molar-refractivity contribution in [2.45, 2.75) is 30.6 Å². The van der Waals surface area contributed by atoms with Gasteiger partial charge >= 0.3 is 5.97 Å². The molecule has 0 saturated carbocycles. The Kier molecular flexibility index (Phi) is 3.88. The minimum absolute atomic E-state index is 0.0815. The van der Waals surface area contributed by atoms with E-state index in [0.29, 0.717) is 30.3 Å². The summed E-state index contributed by atoms with van der Waals surface area (Å²) >= 11 is 0. The van der Waals surface area contributed by atoms with Gasteiger partial charge in [-0.15, -0.1) is 0 Å². The Morgan fingerprint density at radius 1 is 1.24 bits per heavy atom. The van der Waals surface area contributed by atoms with Crippen LogP contribution in [-0.4, -0.2) is 39.0 Å². The molecule has 21 heavy (non-hydrogen) atoms. The molecule has 0 amide bonds. The third kappa shape index (κ3) is 3.29. The Hall–Kier alpha value is -1.76. The Morgan fingerprint density at radius 2 is 1.76 bits per heavy atom. The molecule has 1 N–H and O–H groups in total. The molecule has 1 aromatic carbocycles. The molecule has 1 aliphatic heterocycles. The van der Waals surface area contributed by atoms with E-state index < -0.39 is 21.2 Å². The van der Waals surface area contributed by atoms with Crippen LogP contribution in [0.15, 0.2) is 17.0 Å². The average molecular weight is 314 g/mol. The van der Waals surface area contributed by atoms with Gasteiger partial charge in [-0.1, -0.05) is 13.8 Å². The van der Waals surface area contributed by atoms with Gasteiger partial charge in [-0.25, -0.2) is 8.42 Å². The summed E-state index contributed by atoms with van der Waals surface area (Å²) in [6.45, 7) is 4.13. The number of ether oxygens (including phenoxy) is 2. The first kappa shape index (κ1) is 15.6. The van der Waals surface area contributed by atoms with E-state index in [2.05, 4.69) is 0 Å². The summed E-state index contributed by atoms with van der Waals surface area (Å²) in [6.07, 6.45) is 0.911. The van der Waals surface area contributed by atoms with Crippen LogP contribution < -0.4 is 9.47 Å². The zero-order valence-corrected chi connectivity index (χ0v) is 13.0. The van der Waals surface area contributed by atoms with Crippen LogP contribution in [0.25, 0.3) is 0 Å². The molecule has 0 unspecified atom stereocenters. The van der Waals surface area contributed by atoms with E-state index in [1.54, 1.807) is 19.9 Å². The van der Waals surface area contributed by atoms with Crippen LogP contribution in [0.2, 0.25) is 0 Å². The van der Waals surface area contributed by atoms with Crippen molar-refractivity contribution in [3.05, 3.63) is 17.7 Å². The van der Waals surface area contributed by atoms with E-state index >= 15 is 0 Å². The number of carbonyl (C=O) groups is 1. The minimum atomic E-state index is -3.51. The second-order valence-electron chi connectivity index (χ2n) is 5.72. The minimum Gasteiger partial charge on any atom is -0.486 e. The molecule has 0 radical (unpaired) electrons. The maximum atomic E-state index is 12.0.